The van der Waals surface area contributed by atoms with E-state index in [-0.39, 0.29) is 25.8 Å². The van der Waals surface area contributed by atoms with Crippen LogP contribution < -0.4 is 15.4 Å². The van der Waals surface area contributed by atoms with Crippen LogP contribution in [0.15, 0.2) is 48.5 Å². The normalized spacial score (nSPS) is 16.5. The zero-order valence-corrected chi connectivity index (χ0v) is 18.3. The Morgan fingerprint density at radius 3 is 2.42 bits per heavy atom. The number of hydrogen-bond acceptors (Lipinski definition) is 5. The summed E-state index contributed by atoms with van der Waals surface area (Å²) in [6.07, 6.45) is -0.379. The smallest absolute Gasteiger partial charge is 0.331 e. The maximum absolute atomic E-state index is 13.1. The largest absolute Gasteiger partial charge is 0.491 e. The predicted molar refractivity (Wildman–Crippen MR) is 119 cm³/mol. The highest BCUT2D eigenvalue weighted by Crippen LogP contribution is 2.21. The van der Waals surface area contributed by atoms with E-state index < -0.39 is 18.4 Å². The minimum atomic E-state index is -0.752. The number of hydrogen-bond donors (Lipinski definition) is 3. The van der Waals surface area contributed by atoms with Gasteiger partial charge in [0, 0.05) is 23.9 Å². The number of rotatable bonds is 9. The summed E-state index contributed by atoms with van der Waals surface area (Å²) < 4.78 is 5.65. The second kappa shape index (κ2) is 10.4. The van der Waals surface area contributed by atoms with Gasteiger partial charge in [-0.1, -0.05) is 23.7 Å². The molecule has 8 nitrogen and oxygen atoms in total. The van der Waals surface area contributed by atoms with Gasteiger partial charge in [-0.2, -0.15) is 0 Å². The average Bonchev–Trinajstić information content (AvgIpc) is 2.73. The van der Waals surface area contributed by atoms with E-state index in [1.54, 1.807) is 12.1 Å². The predicted octanol–water partition coefficient (Wildman–Crippen LogP) is 3.85. The number of aliphatic hydroxyl groups excluding tert-OH is 1. The van der Waals surface area contributed by atoms with Gasteiger partial charge in [0.2, 0.25) is 0 Å². The fraction of sp³-hybridized carbons (Fsp3) is 0.364. The third-order valence-electron chi connectivity index (χ3n) is 4.63. The van der Waals surface area contributed by atoms with Crippen molar-refractivity contribution in [3.05, 3.63) is 59.1 Å². The number of carbonyl (C=O) groups is 2. The zero-order valence-electron chi connectivity index (χ0n) is 17.5. The Hall–Kier alpha value is -2.97. The highest BCUT2D eigenvalue weighted by atomic mass is 35.5. The average molecular weight is 447 g/mol. The second-order valence-corrected chi connectivity index (χ2v) is 7.89. The van der Waals surface area contributed by atoms with Gasteiger partial charge < -0.3 is 15.2 Å². The molecular weight excluding hydrogens is 420 g/mol. The Morgan fingerprint density at radius 1 is 1.13 bits per heavy atom. The molecule has 1 aliphatic heterocycles. The lowest BCUT2D eigenvalue weighted by atomic mass is 10.2. The Morgan fingerprint density at radius 2 is 1.81 bits per heavy atom. The van der Waals surface area contributed by atoms with Gasteiger partial charge in [0.15, 0.2) is 6.29 Å². The van der Waals surface area contributed by atoms with Gasteiger partial charge in [0.05, 0.1) is 12.6 Å². The number of aliphatic hydroxyl groups is 1. The van der Waals surface area contributed by atoms with E-state index in [9.17, 15) is 9.59 Å². The summed E-state index contributed by atoms with van der Waals surface area (Å²) in [6.45, 7) is 4.18. The highest BCUT2D eigenvalue weighted by molar-refractivity contribution is 6.30. The minimum Gasteiger partial charge on any atom is -0.491 e. The highest BCUT2D eigenvalue weighted by Gasteiger charge is 2.38. The van der Waals surface area contributed by atoms with Crippen LogP contribution in [0.1, 0.15) is 25.8 Å². The van der Waals surface area contributed by atoms with Gasteiger partial charge >= 0.3 is 12.1 Å². The molecule has 0 spiro atoms. The molecule has 0 aliphatic carbocycles. The summed E-state index contributed by atoms with van der Waals surface area (Å²) >= 11 is 5.97. The van der Waals surface area contributed by atoms with Crippen molar-refractivity contribution in [3.8, 4) is 5.75 Å². The Balaban J connectivity index is 1.80. The summed E-state index contributed by atoms with van der Waals surface area (Å²) in [7, 11) is 0. The molecule has 0 bridgehead atoms. The number of ether oxygens (including phenoxy) is 1. The van der Waals surface area contributed by atoms with Crippen LogP contribution in [-0.4, -0.2) is 52.5 Å². The Labute approximate surface area is 186 Å². The summed E-state index contributed by atoms with van der Waals surface area (Å²) in [5.74, 6) is 0.734. The molecule has 0 aromatic heterocycles. The number of amides is 4. The zero-order chi connectivity index (χ0) is 22.4. The lowest BCUT2D eigenvalue weighted by molar-refractivity contribution is 0.104. The molecule has 0 saturated carbocycles. The monoisotopic (exact) mass is 446 g/mol. The molecule has 3 rings (SSSR count). The van der Waals surface area contributed by atoms with Crippen LogP contribution in [0.2, 0.25) is 5.02 Å². The maximum atomic E-state index is 13.1. The molecule has 1 saturated heterocycles. The Bertz CT molecular complexity index is 889. The molecule has 1 heterocycles. The summed E-state index contributed by atoms with van der Waals surface area (Å²) in [5, 5.41) is 15.7. The third kappa shape index (κ3) is 6.02. The Kier molecular flexibility index (Phi) is 7.59. The van der Waals surface area contributed by atoms with E-state index in [0.29, 0.717) is 11.4 Å². The van der Waals surface area contributed by atoms with Crippen molar-refractivity contribution in [1.82, 2.24) is 15.1 Å². The van der Waals surface area contributed by atoms with Crippen LogP contribution in [-0.2, 0) is 6.54 Å². The summed E-state index contributed by atoms with van der Waals surface area (Å²) in [4.78, 5) is 28.3. The second-order valence-electron chi connectivity index (χ2n) is 7.45. The number of anilines is 1. The van der Waals surface area contributed by atoms with E-state index in [0.717, 1.165) is 21.9 Å². The van der Waals surface area contributed by atoms with Crippen molar-refractivity contribution in [2.24, 2.45) is 0 Å². The quantitative estimate of drug-likeness (QED) is 0.544. The van der Waals surface area contributed by atoms with Crippen molar-refractivity contribution >= 4 is 29.4 Å². The van der Waals surface area contributed by atoms with Gasteiger partial charge in [-0.25, -0.2) is 14.5 Å². The molecular formula is C22H27ClN4O4. The van der Waals surface area contributed by atoms with Crippen LogP contribution in [0.3, 0.4) is 0 Å². The first-order chi connectivity index (χ1) is 14.9. The molecule has 0 radical (unpaired) electrons. The third-order valence-corrected chi connectivity index (χ3v) is 4.88. The molecule has 166 valence electrons. The molecule has 31 heavy (non-hydrogen) atoms. The summed E-state index contributed by atoms with van der Waals surface area (Å²) in [5.41, 5.74) is 1.59. The van der Waals surface area contributed by atoms with Crippen LogP contribution in [0.25, 0.3) is 0 Å². The van der Waals surface area contributed by atoms with Crippen molar-refractivity contribution in [3.63, 3.8) is 0 Å². The molecule has 4 amide bonds. The van der Waals surface area contributed by atoms with Crippen LogP contribution in [0.5, 0.6) is 5.75 Å². The number of benzene rings is 2. The number of imide groups is 1. The van der Waals surface area contributed by atoms with Crippen molar-refractivity contribution < 1.29 is 19.4 Å². The van der Waals surface area contributed by atoms with Crippen molar-refractivity contribution in [1.29, 1.82) is 0 Å². The molecule has 1 aliphatic rings. The van der Waals surface area contributed by atoms with Crippen molar-refractivity contribution in [2.75, 3.05) is 18.5 Å². The van der Waals surface area contributed by atoms with Gasteiger partial charge in [0.1, 0.15) is 5.75 Å². The van der Waals surface area contributed by atoms with Crippen LogP contribution in [0.4, 0.5) is 15.3 Å². The van der Waals surface area contributed by atoms with Gasteiger partial charge in [-0.15, -0.1) is 0 Å². The topological polar surface area (TPSA) is 94.1 Å². The van der Waals surface area contributed by atoms with Crippen LogP contribution in [0, 0.1) is 0 Å². The number of halogens is 1. The van der Waals surface area contributed by atoms with E-state index in [4.69, 9.17) is 21.4 Å². The van der Waals surface area contributed by atoms with E-state index >= 15 is 0 Å². The minimum absolute atomic E-state index is 0.0637. The van der Waals surface area contributed by atoms with E-state index in [1.165, 1.54) is 4.90 Å². The van der Waals surface area contributed by atoms with Gasteiger partial charge in [-0.05, 0) is 62.2 Å². The first kappa shape index (κ1) is 22.7. The number of nitrogens with one attached hydrogen (secondary N) is 2. The molecule has 1 fully saturated rings. The fourth-order valence-corrected chi connectivity index (χ4v) is 3.30. The number of carbonyl (C=O) groups excluding carboxylic acids is 2. The molecule has 2 aromatic rings. The first-order valence-corrected chi connectivity index (χ1v) is 10.5. The van der Waals surface area contributed by atoms with Gasteiger partial charge in [0.25, 0.3) is 0 Å². The lowest BCUT2D eigenvalue weighted by Crippen LogP contribution is -2.67. The standard InChI is InChI=1S/C22H27ClN4O4/c1-15(2)31-19-10-8-18(9-11-19)24-20-25-21(29)26(12-3-13-28)22(30)27(20)14-16-4-6-17(23)7-5-16/h4-11,15,20,24,28H,3,12-14H2,1-2H3,(H,25,29). The maximum Gasteiger partial charge on any atom is 0.331 e. The lowest BCUT2D eigenvalue weighted by Gasteiger charge is -2.41. The number of urea groups is 2. The number of nitrogens with zero attached hydrogens (tertiary/aromatic N) is 2. The van der Waals surface area contributed by atoms with Crippen LogP contribution >= 0.6 is 11.6 Å². The van der Waals surface area contributed by atoms with Crippen molar-refractivity contribution in [2.45, 2.75) is 39.2 Å². The molecule has 9 heteroatoms. The molecule has 2 aromatic carbocycles. The summed E-state index contributed by atoms with van der Waals surface area (Å²) in [6, 6.07) is 13.5. The SMILES string of the molecule is CC(C)Oc1ccc(NC2NC(=O)N(CCCO)C(=O)N2Cc2ccc(Cl)cc2)cc1. The molecule has 3 N–H and O–H groups in total. The fourth-order valence-electron chi connectivity index (χ4n) is 3.17. The molecule has 1 unspecified atom stereocenters. The van der Waals surface area contributed by atoms with E-state index in [1.807, 2.05) is 50.2 Å². The first-order valence-electron chi connectivity index (χ1n) is 10.1. The molecule has 1 atom stereocenters. The van der Waals surface area contributed by atoms with Gasteiger partial charge in [-0.3, -0.25) is 10.2 Å². The van der Waals surface area contributed by atoms with E-state index in [2.05, 4.69) is 10.6 Å².